The molecule has 5 rings (SSSR count). The minimum absolute atomic E-state index is 0.0204. The van der Waals surface area contributed by atoms with Gasteiger partial charge in [-0.1, -0.05) is 54.6 Å². The Morgan fingerprint density at radius 3 is 2.53 bits per heavy atom. The summed E-state index contributed by atoms with van der Waals surface area (Å²) in [6.45, 7) is 1.53. The van der Waals surface area contributed by atoms with Gasteiger partial charge in [-0.05, 0) is 36.2 Å². The molecule has 0 unspecified atom stereocenters. The van der Waals surface area contributed by atoms with E-state index in [1.54, 1.807) is 18.2 Å². The molecule has 0 amide bonds. The summed E-state index contributed by atoms with van der Waals surface area (Å²) in [6.07, 6.45) is 1.42. The predicted molar refractivity (Wildman–Crippen MR) is 124 cm³/mol. The van der Waals surface area contributed by atoms with Gasteiger partial charge in [0, 0.05) is 11.1 Å². The first-order valence-electron chi connectivity index (χ1n) is 10.1. The van der Waals surface area contributed by atoms with Crippen molar-refractivity contribution in [2.75, 3.05) is 5.32 Å². The summed E-state index contributed by atoms with van der Waals surface area (Å²) in [4.78, 5) is 20.5. The van der Waals surface area contributed by atoms with Gasteiger partial charge in [0.15, 0.2) is 11.4 Å². The van der Waals surface area contributed by atoms with E-state index in [1.807, 2.05) is 54.6 Å². The average Bonchev–Trinajstić information content (AvgIpc) is 3.26. The van der Waals surface area contributed by atoms with Crippen LogP contribution >= 0.6 is 0 Å². The lowest BCUT2D eigenvalue weighted by Crippen LogP contribution is -1.97. The Bertz CT molecular complexity index is 1440. The molecule has 0 aliphatic heterocycles. The van der Waals surface area contributed by atoms with E-state index in [0.717, 1.165) is 16.7 Å². The Morgan fingerprint density at radius 2 is 1.72 bits per heavy atom. The van der Waals surface area contributed by atoms with Crippen molar-refractivity contribution in [2.24, 2.45) is 0 Å². The molecule has 0 saturated carbocycles. The number of H-pyrrole nitrogens is 1. The first-order chi connectivity index (χ1) is 15.6. The van der Waals surface area contributed by atoms with Crippen molar-refractivity contribution in [2.45, 2.75) is 6.92 Å². The van der Waals surface area contributed by atoms with Gasteiger partial charge in [-0.25, -0.2) is 9.97 Å². The summed E-state index contributed by atoms with van der Waals surface area (Å²) >= 11 is 0. The molecule has 7 nitrogen and oxygen atoms in total. The highest BCUT2D eigenvalue weighted by molar-refractivity contribution is 6.01. The van der Waals surface area contributed by atoms with Crippen LogP contribution in [0.2, 0.25) is 0 Å². The Kier molecular flexibility index (Phi) is 4.84. The summed E-state index contributed by atoms with van der Waals surface area (Å²) in [5.74, 6) is 0.570. The van der Waals surface area contributed by atoms with Crippen LogP contribution in [0.15, 0.2) is 79.1 Å². The number of benzene rings is 3. The molecule has 0 bridgehead atoms. The van der Waals surface area contributed by atoms with Crippen molar-refractivity contribution in [3.63, 3.8) is 0 Å². The van der Waals surface area contributed by atoms with Gasteiger partial charge in [0.2, 0.25) is 0 Å². The molecule has 0 spiro atoms. The van der Waals surface area contributed by atoms with E-state index in [1.165, 1.54) is 13.3 Å². The fourth-order valence-corrected chi connectivity index (χ4v) is 3.63. The molecule has 3 aromatic carbocycles. The Morgan fingerprint density at radius 1 is 0.906 bits per heavy atom. The van der Waals surface area contributed by atoms with E-state index < -0.39 is 0 Å². The number of hydrogen-bond acceptors (Lipinski definition) is 6. The van der Waals surface area contributed by atoms with Crippen molar-refractivity contribution < 1.29 is 9.90 Å². The van der Waals surface area contributed by atoms with E-state index in [9.17, 15) is 9.90 Å². The second kappa shape index (κ2) is 7.96. The third kappa shape index (κ3) is 3.56. The fourth-order valence-electron chi connectivity index (χ4n) is 3.63. The van der Waals surface area contributed by atoms with Crippen molar-refractivity contribution in [3.8, 4) is 28.1 Å². The molecule has 5 aromatic rings. The predicted octanol–water partition coefficient (Wildman–Crippen LogP) is 5.34. The minimum atomic E-state index is -0.0204. The highest BCUT2D eigenvalue weighted by Gasteiger charge is 2.16. The van der Waals surface area contributed by atoms with E-state index in [0.29, 0.717) is 33.8 Å². The quantitative estimate of drug-likeness (QED) is 0.261. The molecule has 32 heavy (non-hydrogen) atoms. The molecule has 0 aliphatic carbocycles. The number of carbonyl (C=O) groups excluding carboxylic acids is 1. The van der Waals surface area contributed by atoms with Gasteiger partial charge in [-0.2, -0.15) is 5.10 Å². The Balaban J connectivity index is 1.60. The molecular weight excluding hydrogens is 402 g/mol. The third-order valence-electron chi connectivity index (χ3n) is 5.27. The topological polar surface area (TPSA) is 104 Å². The molecule has 7 heteroatoms. The summed E-state index contributed by atoms with van der Waals surface area (Å²) in [6, 6.07) is 22.6. The summed E-state index contributed by atoms with van der Waals surface area (Å²) < 4.78 is 0. The van der Waals surface area contributed by atoms with Gasteiger partial charge in [0.25, 0.3) is 0 Å². The molecule has 156 valence electrons. The number of hydrogen-bond donors (Lipinski definition) is 3. The van der Waals surface area contributed by atoms with Crippen molar-refractivity contribution in [3.05, 3.63) is 84.7 Å². The monoisotopic (exact) mass is 421 g/mol. The van der Waals surface area contributed by atoms with Gasteiger partial charge < -0.3 is 10.4 Å². The molecule has 2 heterocycles. The van der Waals surface area contributed by atoms with E-state index in [4.69, 9.17) is 0 Å². The first kappa shape index (κ1) is 19.4. The number of fused-ring (bicyclic) bond motifs is 1. The number of phenols is 1. The van der Waals surface area contributed by atoms with Crippen LogP contribution < -0.4 is 5.32 Å². The largest absolute Gasteiger partial charge is 0.506 e. The average molecular weight is 421 g/mol. The van der Waals surface area contributed by atoms with E-state index >= 15 is 0 Å². The molecular formula is C25H19N5O2. The van der Waals surface area contributed by atoms with Gasteiger partial charge in [0.05, 0.1) is 16.8 Å². The Labute approximate surface area is 183 Å². The van der Waals surface area contributed by atoms with Crippen LogP contribution in [-0.2, 0) is 0 Å². The number of anilines is 2. The molecule has 0 aliphatic rings. The number of aromatic hydroxyl groups is 1. The van der Waals surface area contributed by atoms with Crippen molar-refractivity contribution in [1.29, 1.82) is 0 Å². The van der Waals surface area contributed by atoms with Gasteiger partial charge in [0.1, 0.15) is 17.9 Å². The molecule has 3 N–H and O–H groups in total. The SMILES string of the molecule is CC(=O)c1cccc(-c2[nH]nc3ncnc(Nc4cc(-c5ccccc5)ccc4O)c23)c1. The number of aromatic amines is 1. The maximum absolute atomic E-state index is 11.8. The Hall–Kier alpha value is -4.52. The van der Waals surface area contributed by atoms with Gasteiger partial charge in [-0.15, -0.1) is 0 Å². The number of nitrogens with one attached hydrogen (secondary N) is 2. The lowest BCUT2D eigenvalue weighted by atomic mass is 10.0. The number of aromatic nitrogens is 4. The number of Topliss-reactive ketones (excluding diaryl/α,β-unsaturated/α-hetero) is 1. The first-order valence-corrected chi connectivity index (χ1v) is 10.1. The van der Waals surface area contributed by atoms with Crippen molar-refractivity contribution >= 4 is 28.3 Å². The number of ketones is 1. The lowest BCUT2D eigenvalue weighted by Gasteiger charge is -2.11. The molecule has 0 radical (unpaired) electrons. The normalized spacial score (nSPS) is 10.9. The summed E-state index contributed by atoms with van der Waals surface area (Å²) in [5, 5.41) is 21.7. The maximum Gasteiger partial charge on any atom is 0.186 e. The number of nitrogens with zero attached hydrogens (tertiary/aromatic N) is 3. The smallest absolute Gasteiger partial charge is 0.186 e. The van der Waals surface area contributed by atoms with Crippen LogP contribution in [0.5, 0.6) is 5.75 Å². The maximum atomic E-state index is 11.8. The molecule has 0 atom stereocenters. The van der Waals surface area contributed by atoms with Crippen LogP contribution in [0.25, 0.3) is 33.4 Å². The number of phenolic OH excluding ortho intramolecular Hbond substituents is 1. The van der Waals surface area contributed by atoms with Crippen LogP contribution in [0.1, 0.15) is 17.3 Å². The zero-order valence-corrected chi connectivity index (χ0v) is 17.2. The van der Waals surface area contributed by atoms with Crippen LogP contribution in [0, 0.1) is 0 Å². The third-order valence-corrected chi connectivity index (χ3v) is 5.27. The molecule has 0 saturated heterocycles. The van der Waals surface area contributed by atoms with Crippen LogP contribution in [-0.4, -0.2) is 31.1 Å². The number of rotatable bonds is 5. The standard InChI is InChI=1S/C25H19N5O2/c1-15(31)17-8-5-9-19(12-17)23-22-24(26-14-27-25(22)30-29-23)28-20-13-18(10-11-21(20)32)16-6-3-2-4-7-16/h2-14,32H,1H3,(H2,26,27,28,29,30). The summed E-state index contributed by atoms with van der Waals surface area (Å²) in [7, 11) is 0. The highest BCUT2D eigenvalue weighted by Crippen LogP contribution is 2.35. The van der Waals surface area contributed by atoms with E-state index in [-0.39, 0.29) is 11.5 Å². The minimum Gasteiger partial charge on any atom is -0.506 e. The second-order valence-electron chi connectivity index (χ2n) is 7.38. The fraction of sp³-hybridized carbons (Fsp3) is 0.0400. The van der Waals surface area contributed by atoms with E-state index in [2.05, 4.69) is 25.5 Å². The van der Waals surface area contributed by atoms with Gasteiger partial charge in [-0.3, -0.25) is 9.89 Å². The zero-order chi connectivity index (χ0) is 22.1. The lowest BCUT2D eigenvalue weighted by molar-refractivity contribution is 0.101. The molecule has 2 aromatic heterocycles. The zero-order valence-electron chi connectivity index (χ0n) is 17.2. The number of carbonyl (C=O) groups is 1. The van der Waals surface area contributed by atoms with Crippen LogP contribution in [0.4, 0.5) is 11.5 Å². The van der Waals surface area contributed by atoms with Gasteiger partial charge >= 0.3 is 0 Å². The summed E-state index contributed by atoms with van der Waals surface area (Å²) in [5.41, 5.74) is 5.06. The van der Waals surface area contributed by atoms with Crippen molar-refractivity contribution in [1.82, 2.24) is 20.2 Å². The van der Waals surface area contributed by atoms with Crippen LogP contribution in [0.3, 0.4) is 0 Å². The molecule has 0 fully saturated rings. The highest BCUT2D eigenvalue weighted by atomic mass is 16.3. The second-order valence-corrected chi connectivity index (χ2v) is 7.38.